The first-order valence-corrected chi connectivity index (χ1v) is 13.0. The average molecular weight is 479 g/mol. The fourth-order valence-electron chi connectivity index (χ4n) is 4.31. The number of anilines is 1. The number of rotatable bonds is 8. The number of amides is 1. The molecule has 0 spiro atoms. The summed E-state index contributed by atoms with van der Waals surface area (Å²) in [4.78, 5) is 13.1. The molecule has 1 unspecified atom stereocenters. The summed E-state index contributed by atoms with van der Waals surface area (Å²) in [5.74, 6) is 0.188. The molecule has 1 atom stereocenters. The molecule has 0 saturated carbocycles. The number of hydrogen-bond acceptors (Lipinski definition) is 4. The second-order valence-corrected chi connectivity index (χ2v) is 10.4. The number of sulfonamides is 1. The largest absolute Gasteiger partial charge is 0.497 e. The molecule has 0 aliphatic heterocycles. The molecule has 1 amide bonds. The fourth-order valence-corrected chi connectivity index (χ4v) is 5.73. The third-order valence-corrected chi connectivity index (χ3v) is 8.02. The Morgan fingerprint density at radius 3 is 2.32 bits per heavy atom. The quantitative estimate of drug-likeness (QED) is 0.512. The number of aryl methyl sites for hydroxylation is 2. The van der Waals surface area contributed by atoms with Crippen LogP contribution in [0.2, 0.25) is 0 Å². The van der Waals surface area contributed by atoms with Crippen LogP contribution in [0.15, 0.2) is 77.7 Å². The van der Waals surface area contributed by atoms with Crippen molar-refractivity contribution in [1.82, 2.24) is 5.32 Å². The van der Waals surface area contributed by atoms with Gasteiger partial charge in [-0.25, -0.2) is 8.42 Å². The van der Waals surface area contributed by atoms with Crippen LogP contribution in [0, 0.1) is 0 Å². The maximum Gasteiger partial charge on any atom is 0.264 e. The Morgan fingerprint density at radius 2 is 1.65 bits per heavy atom. The van der Waals surface area contributed by atoms with E-state index in [1.165, 1.54) is 43.2 Å². The zero-order valence-corrected chi connectivity index (χ0v) is 20.3. The highest BCUT2D eigenvalue weighted by molar-refractivity contribution is 7.92. The molecule has 0 bridgehead atoms. The van der Waals surface area contributed by atoms with Gasteiger partial charge in [0.25, 0.3) is 10.0 Å². The van der Waals surface area contributed by atoms with Crippen LogP contribution in [0.5, 0.6) is 5.75 Å². The summed E-state index contributed by atoms with van der Waals surface area (Å²) < 4.78 is 33.3. The lowest BCUT2D eigenvalue weighted by Gasteiger charge is -2.25. The fraction of sp³-hybridized carbons (Fsp3) is 0.296. The zero-order chi connectivity index (χ0) is 24.1. The molecule has 0 radical (unpaired) electrons. The molecule has 0 saturated heterocycles. The minimum Gasteiger partial charge on any atom is -0.497 e. The molecular weight excluding hydrogens is 448 g/mol. The van der Waals surface area contributed by atoms with Crippen molar-refractivity contribution >= 4 is 21.6 Å². The van der Waals surface area contributed by atoms with E-state index in [0.717, 1.165) is 22.7 Å². The number of para-hydroxylation sites is 1. The minimum atomic E-state index is -3.97. The third kappa shape index (κ3) is 5.25. The van der Waals surface area contributed by atoms with Crippen LogP contribution < -0.4 is 14.4 Å². The second-order valence-electron chi connectivity index (χ2n) is 8.55. The van der Waals surface area contributed by atoms with Crippen molar-refractivity contribution in [2.75, 3.05) is 18.0 Å². The molecule has 1 aliphatic rings. The van der Waals surface area contributed by atoms with E-state index in [2.05, 4.69) is 23.5 Å². The summed E-state index contributed by atoms with van der Waals surface area (Å²) in [5.41, 5.74) is 4.18. The van der Waals surface area contributed by atoms with Gasteiger partial charge in [0.2, 0.25) is 5.91 Å². The van der Waals surface area contributed by atoms with Gasteiger partial charge in [-0.15, -0.1) is 0 Å². The highest BCUT2D eigenvalue weighted by atomic mass is 32.2. The Balaban J connectivity index is 1.55. The number of methoxy groups -OCH3 is 1. The van der Waals surface area contributed by atoms with Crippen LogP contribution in [0.25, 0.3) is 0 Å². The van der Waals surface area contributed by atoms with E-state index in [9.17, 15) is 13.2 Å². The standard InChI is InChI=1S/C27H30N2O4S/c1-20(22-13-12-21-8-6-7-9-23(21)18-22)28-27(30)19-29(24-10-4-3-5-11-24)34(31,32)26-16-14-25(33-2)15-17-26/h3-5,10-18,20H,6-9,19H2,1-2H3,(H,28,30). The first kappa shape index (κ1) is 23.8. The van der Waals surface area contributed by atoms with Crippen LogP contribution in [-0.2, 0) is 27.7 Å². The number of ether oxygens (including phenoxy) is 1. The molecule has 4 rings (SSSR count). The van der Waals surface area contributed by atoms with Crippen molar-refractivity contribution in [2.45, 2.75) is 43.5 Å². The Hall–Kier alpha value is -3.32. The summed E-state index contributed by atoms with van der Waals surface area (Å²) >= 11 is 0. The summed E-state index contributed by atoms with van der Waals surface area (Å²) in [5, 5.41) is 2.98. The van der Waals surface area contributed by atoms with E-state index in [0.29, 0.717) is 11.4 Å². The maximum atomic E-state index is 13.5. The number of fused-ring (bicyclic) bond motifs is 1. The van der Waals surface area contributed by atoms with Crippen LogP contribution in [0.4, 0.5) is 5.69 Å². The molecule has 3 aromatic rings. The van der Waals surface area contributed by atoms with Gasteiger partial charge >= 0.3 is 0 Å². The smallest absolute Gasteiger partial charge is 0.264 e. The highest BCUT2D eigenvalue weighted by Crippen LogP contribution is 2.26. The second kappa shape index (κ2) is 10.3. The SMILES string of the molecule is COc1ccc(S(=O)(=O)N(CC(=O)NC(C)c2ccc3c(c2)CCCC3)c2ccccc2)cc1. The highest BCUT2D eigenvalue weighted by Gasteiger charge is 2.28. The van der Waals surface area contributed by atoms with Gasteiger partial charge in [-0.3, -0.25) is 9.10 Å². The number of nitrogens with zero attached hydrogens (tertiary/aromatic N) is 1. The van der Waals surface area contributed by atoms with Gasteiger partial charge in [-0.05, 0) is 85.7 Å². The van der Waals surface area contributed by atoms with Crippen LogP contribution in [-0.4, -0.2) is 28.0 Å². The molecular formula is C27H30N2O4S. The predicted molar refractivity (Wildman–Crippen MR) is 134 cm³/mol. The van der Waals surface area contributed by atoms with Gasteiger partial charge in [0.1, 0.15) is 12.3 Å². The average Bonchev–Trinajstić information content (AvgIpc) is 2.87. The molecule has 178 valence electrons. The van der Waals surface area contributed by atoms with E-state index in [-0.39, 0.29) is 23.4 Å². The Kier molecular flexibility index (Phi) is 7.22. The molecule has 1 N–H and O–H groups in total. The van der Waals surface area contributed by atoms with Crippen molar-refractivity contribution in [3.8, 4) is 5.75 Å². The summed E-state index contributed by atoms with van der Waals surface area (Å²) in [6.45, 7) is 1.60. The van der Waals surface area contributed by atoms with Crippen molar-refractivity contribution in [2.24, 2.45) is 0 Å². The monoisotopic (exact) mass is 478 g/mol. The van der Waals surface area contributed by atoms with Crippen LogP contribution in [0.1, 0.15) is 42.5 Å². The van der Waals surface area contributed by atoms with E-state index < -0.39 is 10.0 Å². The van der Waals surface area contributed by atoms with Crippen molar-refractivity contribution < 1.29 is 17.9 Å². The summed E-state index contributed by atoms with van der Waals surface area (Å²) in [7, 11) is -2.45. The van der Waals surface area contributed by atoms with Gasteiger partial charge in [0.05, 0.1) is 23.7 Å². The van der Waals surface area contributed by atoms with E-state index in [1.54, 1.807) is 42.5 Å². The molecule has 3 aromatic carbocycles. The molecule has 34 heavy (non-hydrogen) atoms. The van der Waals surface area contributed by atoms with Gasteiger partial charge in [-0.2, -0.15) is 0 Å². The summed E-state index contributed by atoms with van der Waals surface area (Å²) in [6.07, 6.45) is 4.57. The molecule has 0 aromatic heterocycles. The van der Waals surface area contributed by atoms with Gasteiger partial charge < -0.3 is 10.1 Å². The van der Waals surface area contributed by atoms with Crippen molar-refractivity contribution in [3.05, 3.63) is 89.5 Å². The van der Waals surface area contributed by atoms with Gasteiger partial charge in [0, 0.05) is 0 Å². The lowest BCUT2D eigenvalue weighted by atomic mass is 9.89. The van der Waals surface area contributed by atoms with E-state index >= 15 is 0 Å². The molecule has 0 fully saturated rings. The topological polar surface area (TPSA) is 75.7 Å². The summed E-state index contributed by atoms with van der Waals surface area (Å²) in [6, 6.07) is 21.0. The normalized spacial score (nSPS) is 14.1. The first-order chi connectivity index (χ1) is 16.4. The van der Waals surface area contributed by atoms with E-state index in [4.69, 9.17) is 4.74 Å². The van der Waals surface area contributed by atoms with Crippen LogP contribution in [0.3, 0.4) is 0 Å². The van der Waals surface area contributed by atoms with E-state index in [1.807, 2.05) is 6.92 Å². The maximum absolute atomic E-state index is 13.5. The van der Waals surface area contributed by atoms with Gasteiger partial charge in [0.15, 0.2) is 0 Å². The van der Waals surface area contributed by atoms with Crippen LogP contribution >= 0.6 is 0 Å². The predicted octanol–water partition coefficient (Wildman–Crippen LogP) is 4.65. The minimum absolute atomic E-state index is 0.0905. The number of carbonyl (C=O) groups is 1. The zero-order valence-electron chi connectivity index (χ0n) is 19.5. The number of hydrogen-bond donors (Lipinski definition) is 1. The molecule has 6 nitrogen and oxygen atoms in total. The lowest BCUT2D eigenvalue weighted by molar-refractivity contribution is -0.120. The van der Waals surface area contributed by atoms with Crippen molar-refractivity contribution in [1.29, 1.82) is 0 Å². The number of carbonyl (C=O) groups excluding carboxylic acids is 1. The molecule has 7 heteroatoms. The Labute approximate surface area is 201 Å². The molecule has 0 heterocycles. The first-order valence-electron chi connectivity index (χ1n) is 11.5. The Bertz CT molecular complexity index is 1240. The number of nitrogens with one attached hydrogen (secondary N) is 1. The third-order valence-electron chi connectivity index (χ3n) is 6.23. The number of benzene rings is 3. The lowest BCUT2D eigenvalue weighted by Crippen LogP contribution is -2.41. The molecule has 1 aliphatic carbocycles. The van der Waals surface area contributed by atoms with Gasteiger partial charge in [-0.1, -0.05) is 36.4 Å². The van der Waals surface area contributed by atoms with Crippen molar-refractivity contribution in [3.63, 3.8) is 0 Å². The Morgan fingerprint density at radius 1 is 0.971 bits per heavy atom.